The van der Waals surface area contributed by atoms with Crippen molar-refractivity contribution in [2.45, 2.75) is 52.4 Å². The summed E-state index contributed by atoms with van der Waals surface area (Å²) in [6, 6.07) is 54.6. The molecule has 0 aromatic heterocycles. The van der Waals surface area contributed by atoms with Crippen LogP contribution in [0, 0.1) is 0 Å². The molecule has 0 radical (unpaired) electrons. The molecule has 0 saturated carbocycles. The Morgan fingerprint density at radius 3 is 1.56 bits per heavy atom. The minimum atomic E-state index is 0.0169. The van der Waals surface area contributed by atoms with Crippen LogP contribution < -0.4 is 0 Å². The first-order valence-corrected chi connectivity index (χ1v) is 17.2. The highest BCUT2D eigenvalue weighted by atomic mass is 14.3. The first-order valence-electron chi connectivity index (χ1n) is 17.2. The van der Waals surface area contributed by atoms with E-state index < -0.39 is 0 Å². The van der Waals surface area contributed by atoms with Crippen molar-refractivity contribution in [1.29, 1.82) is 0 Å². The van der Waals surface area contributed by atoms with E-state index in [2.05, 4.69) is 187 Å². The van der Waals surface area contributed by atoms with Crippen molar-refractivity contribution >= 4 is 43.1 Å². The maximum atomic E-state index is 2.47. The van der Waals surface area contributed by atoms with E-state index >= 15 is 0 Å². The summed E-state index contributed by atoms with van der Waals surface area (Å²) in [5.41, 5.74) is 10.3. The van der Waals surface area contributed by atoms with Gasteiger partial charge >= 0.3 is 0 Å². The van der Waals surface area contributed by atoms with E-state index in [4.69, 9.17) is 0 Å². The summed E-state index contributed by atoms with van der Waals surface area (Å²) in [7, 11) is 0. The van der Waals surface area contributed by atoms with Crippen LogP contribution in [0.1, 0.15) is 52.7 Å². The summed E-state index contributed by atoms with van der Waals surface area (Å²) in [5.74, 6) is 0. The molecule has 0 atom stereocenters. The van der Waals surface area contributed by atoms with Crippen LogP contribution in [0.4, 0.5) is 0 Å². The number of rotatable bonds is 3. The summed E-state index contributed by atoms with van der Waals surface area (Å²) >= 11 is 0. The average Bonchev–Trinajstić information content (AvgIpc) is 3.09. The normalized spacial score (nSPS) is 12.4. The number of hydrogen-bond donors (Lipinski definition) is 0. The van der Waals surface area contributed by atoms with Crippen LogP contribution in [0.5, 0.6) is 0 Å². The highest BCUT2D eigenvalue weighted by Crippen LogP contribution is 2.47. The van der Waals surface area contributed by atoms with Crippen LogP contribution in [0.25, 0.3) is 76.5 Å². The van der Waals surface area contributed by atoms with Gasteiger partial charge in [-0.3, -0.25) is 0 Å². The lowest BCUT2D eigenvalue weighted by atomic mass is 9.79. The van der Waals surface area contributed by atoms with E-state index in [9.17, 15) is 0 Å². The molecule has 8 rings (SSSR count). The monoisotopic (exact) mass is 618 g/mol. The van der Waals surface area contributed by atoms with Crippen molar-refractivity contribution in [1.82, 2.24) is 0 Å². The van der Waals surface area contributed by atoms with Gasteiger partial charge in [0, 0.05) is 0 Å². The Morgan fingerprint density at radius 1 is 0.312 bits per heavy atom. The van der Waals surface area contributed by atoms with E-state index in [-0.39, 0.29) is 10.8 Å². The highest BCUT2D eigenvalue weighted by molar-refractivity contribution is 6.24. The van der Waals surface area contributed by atoms with Crippen LogP contribution in [-0.4, -0.2) is 0 Å². The fraction of sp³-hybridized carbons (Fsp3) is 0.167. The zero-order chi connectivity index (χ0) is 33.2. The maximum absolute atomic E-state index is 2.47. The maximum Gasteiger partial charge on any atom is -0.00200 e. The van der Waals surface area contributed by atoms with Crippen LogP contribution in [-0.2, 0) is 10.8 Å². The predicted octanol–water partition coefficient (Wildman–Crippen LogP) is 13.9. The van der Waals surface area contributed by atoms with Gasteiger partial charge in [0.25, 0.3) is 0 Å². The molecule has 8 aromatic rings. The molecule has 0 nitrogen and oxygen atoms in total. The molecular formula is C48H42. The first-order chi connectivity index (χ1) is 23.1. The zero-order valence-electron chi connectivity index (χ0n) is 28.9. The van der Waals surface area contributed by atoms with E-state index in [0.717, 1.165) is 0 Å². The van der Waals surface area contributed by atoms with Crippen LogP contribution >= 0.6 is 0 Å². The van der Waals surface area contributed by atoms with Crippen LogP contribution in [0.15, 0.2) is 146 Å². The Kier molecular flexibility index (Phi) is 7.04. The predicted molar refractivity (Wildman–Crippen MR) is 210 cm³/mol. The number of fused-ring (bicyclic) bond motifs is 4. The number of benzene rings is 8. The second-order valence-electron chi connectivity index (χ2n) is 15.4. The van der Waals surface area contributed by atoms with Gasteiger partial charge in [0.15, 0.2) is 0 Å². The van der Waals surface area contributed by atoms with Gasteiger partial charge in [-0.05, 0) is 123 Å². The minimum Gasteiger partial charge on any atom is -0.0616 e. The van der Waals surface area contributed by atoms with Gasteiger partial charge in [-0.1, -0.05) is 163 Å². The summed E-state index contributed by atoms with van der Waals surface area (Å²) < 4.78 is 0. The molecule has 0 aliphatic heterocycles. The van der Waals surface area contributed by atoms with Crippen LogP contribution in [0.3, 0.4) is 0 Å². The molecule has 234 valence electrons. The molecule has 0 fully saturated rings. The minimum absolute atomic E-state index is 0.0169. The molecular weight excluding hydrogens is 577 g/mol. The average molecular weight is 619 g/mol. The second-order valence-corrected chi connectivity index (χ2v) is 15.4. The van der Waals surface area contributed by atoms with E-state index in [1.165, 1.54) is 87.6 Å². The van der Waals surface area contributed by atoms with Crippen molar-refractivity contribution in [3.63, 3.8) is 0 Å². The number of hydrogen-bond acceptors (Lipinski definition) is 0. The van der Waals surface area contributed by atoms with Crippen molar-refractivity contribution in [2.24, 2.45) is 0 Å². The summed E-state index contributed by atoms with van der Waals surface area (Å²) in [4.78, 5) is 0. The standard InChI is InChI=1S/C48H42/c1-47(2,3)37-24-26-42-43(29-37)45(36-18-11-17-34(28-36)35-22-21-31-13-7-8-15-33(31)27-35)41-25-23-38(48(4,5)6)30-44(41)46(42)40-20-12-16-32-14-9-10-19-39(32)40/h7-30H,1-6H3. The summed E-state index contributed by atoms with van der Waals surface area (Å²) in [6.07, 6.45) is 0. The van der Waals surface area contributed by atoms with Crippen molar-refractivity contribution in [3.05, 3.63) is 157 Å². The molecule has 0 aliphatic carbocycles. The van der Waals surface area contributed by atoms with Crippen molar-refractivity contribution < 1.29 is 0 Å². The molecule has 0 spiro atoms. The summed E-state index contributed by atoms with van der Waals surface area (Å²) in [6.45, 7) is 13.9. The lowest BCUT2D eigenvalue weighted by Gasteiger charge is -2.25. The molecule has 0 unspecified atom stereocenters. The van der Waals surface area contributed by atoms with Crippen molar-refractivity contribution in [2.75, 3.05) is 0 Å². The lowest BCUT2D eigenvalue weighted by Crippen LogP contribution is -2.11. The van der Waals surface area contributed by atoms with E-state index in [0.29, 0.717) is 0 Å². The third kappa shape index (κ3) is 5.17. The fourth-order valence-electron chi connectivity index (χ4n) is 7.43. The molecule has 0 aliphatic rings. The Morgan fingerprint density at radius 2 is 0.854 bits per heavy atom. The Bertz CT molecular complexity index is 2510. The third-order valence-corrected chi connectivity index (χ3v) is 10.1. The molecule has 0 amide bonds. The fourth-order valence-corrected chi connectivity index (χ4v) is 7.43. The van der Waals surface area contributed by atoms with Crippen LogP contribution in [0.2, 0.25) is 0 Å². The Hall–Kier alpha value is -5.20. The zero-order valence-corrected chi connectivity index (χ0v) is 28.9. The SMILES string of the molecule is CC(C)(C)c1ccc2c(-c3cccc4ccccc34)c3cc(C(C)(C)C)ccc3c(-c3cccc(-c4ccc5ccccc5c4)c3)c2c1. The molecule has 0 heterocycles. The van der Waals surface area contributed by atoms with Gasteiger partial charge in [0.05, 0.1) is 0 Å². The smallest absolute Gasteiger partial charge is 0.00200 e. The largest absolute Gasteiger partial charge is 0.0616 e. The van der Waals surface area contributed by atoms with Gasteiger partial charge in [-0.15, -0.1) is 0 Å². The second kappa shape index (κ2) is 11.2. The lowest BCUT2D eigenvalue weighted by molar-refractivity contribution is 0.590. The third-order valence-electron chi connectivity index (χ3n) is 10.1. The molecule has 8 aromatic carbocycles. The summed E-state index contributed by atoms with van der Waals surface area (Å²) in [5, 5.41) is 10.3. The van der Waals surface area contributed by atoms with Gasteiger partial charge in [0.2, 0.25) is 0 Å². The Balaban J connectivity index is 1.50. The Labute approximate surface area is 284 Å². The van der Waals surface area contributed by atoms with Gasteiger partial charge < -0.3 is 0 Å². The quantitative estimate of drug-likeness (QED) is 0.173. The molecule has 48 heavy (non-hydrogen) atoms. The van der Waals surface area contributed by atoms with Crippen molar-refractivity contribution in [3.8, 4) is 33.4 Å². The first kappa shape index (κ1) is 30.2. The molecule has 0 bridgehead atoms. The van der Waals surface area contributed by atoms with Gasteiger partial charge in [-0.25, -0.2) is 0 Å². The van der Waals surface area contributed by atoms with Gasteiger partial charge in [-0.2, -0.15) is 0 Å². The molecule has 0 saturated heterocycles. The molecule has 0 N–H and O–H groups in total. The highest BCUT2D eigenvalue weighted by Gasteiger charge is 2.23. The molecule has 0 heteroatoms. The van der Waals surface area contributed by atoms with E-state index in [1.54, 1.807) is 0 Å². The topological polar surface area (TPSA) is 0 Å². The van der Waals surface area contributed by atoms with Gasteiger partial charge in [0.1, 0.15) is 0 Å². The van der Waals surface area contributed by atoms with E-state index in [1.807, 2.05) is 0 Å².